The van der Waals surface area contributed by atoms with Crippen molar-refractivity contribution in [3.05, 3.63) is 29.8 Å². The largest absolute Gasteiger partial charge is 0.461 e. The standard InChI is InChI=1S/C16H18F4N2O2/c17-15(18)16(19,20)24-13-6-2-1-5-12(13)14(23)22-9-8-21-7-3-4-11(21)10-22/h1-2,5-6,11,15H,3-4,7-10H2/t11-/m0/s1. The number of alkyl halides is 4. The topological polar surface area (TPSA) is 32.8 Å². The van der Waals surface area contributed by atoms with Gasteiger partial charge in [0.1, 0.15) is 5.75 Å². The second-order valence-corrected chi connectivity index (χ2v) is 6.04. The molecular weight excluding hydrogens is 328 g/mol. The molecule has 4 nitrogen and oxygen atoms in total. The molecule has 0 saturated carbocycles. The van der Waals surface area contributed by atoms with Crippen molar-refractivity contribution in [2.24, 2.45) is 0 Å². The van der Waals surface area contributed by atoms with Crippen LogP contribution in [0.2, 0.25) is 0 Å². The van der Waals surface area contributed by atoms with E-state index in [4.69, 9.17) is 0 Å². The van der Waals surface area contributed by atoms with Crippen LogP contribution >= 0.6 is 0 Å². The Kier molecular flexibility index (Phi) is 4.67. The van der Waals surface area contributed by atoms with E-state index in [2.05, 4.69) is 9.64 Å². The molecule has 2 saturated heterocycles. The Hall–Kier alpha value is -1.83. The zero-order valence-electron chi connectivity index (χ0n) is 12.9. The van der Waals surface area contributed by atoms with E-state index in [1.807, 2.05) is 0 Å². The summed E-state index contributed by atoms with van der Waals surface area (Å²) >= 11 is 0. The molecule has 2 aliphatic heterocycles. The number of ether oxygens (including phenoxy) is 1. The Labute approximate surface area is 137 Å². The fourth-order valence-electron chi connectivity index (χ4n) is 3.27. The van der Waals surface area contributed by atoms with E-state index >= 15 is 0 Å². The summed E-state index contributed by atoms with van der Waals surface area (Å²) in [6, 6.07) is 5.56. The first-order valence-corrected chi connectivity index (χ1v) is 7.86. The minimum atomic E-state index is -4.64. The third kappa shape index (κ3) is 3.33. The number of halogens is 4. The molecule has 0 aliphatic carbocycles. The average molecular weight is 346 g/mol. The van der Waals surface area contributed by atoms with Gasteiger partial charge >= 0.3 is 12.5 Å². The van der Waals surface area contributed by atoms with Crippen molar-refractivity contribution >= 4 is 5.91 Å². The van der Waals surface area contributed by atoms with Crippen molar-refractivity contribution in [2.45, 2.75) is 31.4 Å². The second-order valence-electron chi connectivity index (χ2n) is 6.04. The van der Waals surface area contributed by atoms with Gasteiger partial charge in [-0.3, -0.25) is 9.69 Å². The van der Waals surface area contributed by atoms with Crippen molar-refractivity contribution in [1.29, 1.82) is 0 Å². The summed E-state index contributed by atoms with van der Waals surface area (Å²) in [5.74, 6) is -0.996. The van der Waals surface area contributed by atoms with Gasteiger partial charge in [0.2, 0.25) is 0 Å². The molecule has 1 atom stereocenters. The lowest BCUT2D eigenvalue weighted by Crippen LogP contribution is -2.52. The van der Waals surface area contributed by atoms with Crippen LogP contribution in [0.4, 0.5) is 17.6 Å². The second kappa shape index (κ2) is 6.58. The first kappa shape index (κ1) is 17.0. The van der Waals surface area contributed by atoms with Gasteiger partial charge in [0.05, 0.1) is 5.56 Å². The summed E-state index contributed by atoms with van der Waals surface area (Å²) in [7, 11) is 0. The van der Waals surface area contributed by atoms with Crippen LogP contribution in [0.25, 0.3) is 0 Å². The smallest absolute Gasteiger partial charge is 0.427 e. The van der Waals surface area contributed by atoms with E-state index < -0.39 is 24.2 Å². The van der Waals surface area contributed by atoms with Crippen molar-refractivity contribution in [3.8, 4) is 5.75 Å². The van der Waals surface area contributed by atoms with Gasteiger partial charge in [-0.15, -0.1) is 0 Å². The number of para-hydroxylation sites is 1. The molecular formula is C16H18F4N2O2. The van der Waals surface area contributed by atoms with Gasteiger partial charge in [-0.05, 0) is 31.5 Å². The number of rotatable bonds is 4. The van der Waals surface area contributed by atoms with Crippen LogP contribution in [-0.4, -0.2) is 60.5 Å². The third-order valence-corrected chi connectivity index (χ3v) is 4.49. The van der Waals surface area contributed by atoms with Crippen molar-refractivity contribution in [2.75, 3.05) is 26.2 Å². The van der Waals surface area contributed by atoms with Gasteiger partial charge < -0.3 is 9.64 Å². The fraction of sp³-hybridized carbons (Fsp3) is 0.562. The molecule has 0 radical (unpaired) electrons. The monoisotopic (exact) mass is 346 g/mol. The van der Waals surface area contributed by atoms with E-state index in [1.165, 1.54) is 18.2 Å². The highest BCUT2D eigenvalue weighted by molar-refractivity contribution is 5.97. The average Bonchev–Trinajstić information content (AvgIpc) is 3.01. The SMILES string of the molecule is O=C(c1ccccc1OC(F)(F)C(F)F)N1CCN2CCC[C@H]2C1. The van der Waals surface area contributed by atoms with Gasteiger partial charge in [-0.25, -0.2) is 0 Å². The van der Waals surface area contributed by atoms with Gasteiger partial charge in [0.25, 0.3) is 5.91 Å². The Morgan fingerprint density at radius 3 is 2.71 bits per heavy atom. The molecule has 0 spiro atoms. The predicted molar refractivity (Wildman–Crippen MR) is 78.5 cm³/mol. The molecule has 0 aromatic heterocycles. The molecule has 0 bridgehead atoms. The molecule has 1 aromatic carbocycles. The molecule has 0 N–H and O–H groups in total. The molecule has 2 heterocycles. The zero-order chi connectivity index (χ0) is 17.3. The number of carbonyl (C=O) groups is 1. The predicted octanol–water partition coefficient (Wildman–Crippen LogP) is 2.84. The normalized spacial score (nSPS) is 21.9. The van der Waals surface area contributed by atoms with Crippen LogP contribution in [0.15, 0.2) is 24.3 Å². The lowest BCUT2D eigenvalue weighted by atomic mass is 10.1. The van der Waals surface area contributed by atoms with Crippen LogP contribution in [0.5, 0.6) is 5.75 Å². The van der Waals surface area contributed by atoms with E-state index in [0.29, 0.717) is 13.1 Å². The van der Waals surface area contributed by atoms with Gasteiger partial charge in [0, 0.05) is 25.7 Å². The maximum atomic E-state index is 13.2. The summed E-state index contributed by atoms with van der Waals surface area (Å²) in [5.41, 5.74) is -0.121. The number of nitrogens with zero attached hydrogens (tertiary/aromatic N) is 2. The number of amides is 1. The van der Waals surface area contributed by atoms with Crippen molar-refractivity contribution in [1.82, 2.24) is 9.80 Å². The lowest BCUT2D eigenvalue weighted by molar-refractivity contribution is -0.253. The number of carbonyl (C=O) groups excluding carboxylic acids is 1. The Morgan fingerprint density at radius 2 is 1.96 bits per heavy atom. The Balaban J connectivity index is 1.78. The highest BCUT2D eigenvalue weighted by atomic mass is 19.3. The summed E-state index contributed by atoms with van der Waals surface area (Å²) in [6.07, 6.45) is -6.54. The van der Waals surface area contributed by atoms with Gasteiger partial charge in [-0.2, -0.15) is 17.6 Å². The molecule has 3 rings (SSSR count). The summed E-state index contributed by atoms with van der Waals surface area (Å²) in [4.78, 5) is 16.5. The maximum absolute atomic E-state index is 13.2. The molecule has 24 heavy (non-hydrogen) atoms. The van der Waals surface area contributed by atoms with E-state index in [1.54, 1.807) is 4.90 Å². The molecule has 132 valence electrons. The van der Waals surface area contributed by atoms with Crippen molar-refractivity contribution < 1.29 is 27.1 Å². The van der Waals surface area contributed by atoms with Crippen molar-refractivity contribution in [3.63, 3.8) is 0 Å². The summed E-state index contributed by atoms with van der Waals surface area (Å²) in [5, 5.41) is 0. The van der Waals surface area contributed by atoms with Crippen LogP contribution in [0, 0.1) is 0 Å². The highest BCUT2D eigenvalue weighted by Gasteiger charge is 2.45. The molecule has 2 aliphatic rings. The molecule has 0 unspecified atom stereocenters. The summed E-state index contributed by atoms with van der Waals surface area (Å²) < 4.78 is 55.2. The Morgan fingerprint density at radius 1 is 1.21 bits per heavy atom. The van der Waals surface area contributed by atoms with E-state index in [-0.39, 0.29) is 11.6 Å². The molecule has 8 heteroatoms. The third-order valence-electron chi connectivity index (χ3n) is 4.49. The van der Waals surface area contributed by atoms with Crippen LogP contribution < -0.4 is 4.74 Å². The Bertz CT molecular complexity index is 611. The number of fused-ring (bicyclic) bond motifs is 1. The summed E-state index contributed by atoms with van der Waals surface area (Å²) in [6.45, 7) is 2.73. The number of benzene rings is 1. The van der Waals surface area contributed by atoms with Crippen LogP contribution in [0.3, 0.4) is 0 Å². The van der Waals surface area contributed by atoms with Gasteiger partial charge in [0.15, 0.2) is 0 Å². The van der Waals surface area contributed by atoms with E-state index in [9.17, 15) is 22.4 Å². The number of hydrogen-bond acceptors (Lipinski definition) is 3. The zero-order valence-corrected chi connectivity index (χ0v) is 12.9. The van der Waals surface area contributed by atoms with Crippen LogP contribution in [0.1, 0.15) is 23.2 Å². The molecule has 1 aromatic rings. The van der Waals surface area contributed by atoms with E-state index in [0.717, 1.165) is 32.0 Å². The number of hydrogen-bond donors (Lipinski definition) is 0. The minimum absolute atomic E-state index is 0.121. The van der Waals surface area contributed by atoms with Crippen LogP contribution in [-0.2, 0) is 0 Å². The quantitative estimate of drug-likeness (QED) is 0.786. The first-order chi connectivity index (χ1) is 11.4. The maximum Gasteiger partial charge on any atom is 0.461 e. The molecule has 2 fully saturated rings. The minimum Gasteiger partial charge on any atom is -0.427 e. The number of piperazine rings is 1. The highest BCUT2D eigenvalue weighted by Crippen LogP contribution is 2.31. The first-order valence-electron chi connectivity index (χ1n) is 7.86. The fourth-order valence-corrected chi connectivity index (χ4v) is 3.27. The van der Waals surface area contributed by atoms with Gasteiger partial charge in [-0.1, -0.05) is 12.1 Å². The molecule has 1 amide bonds. The lowest BCUT2D eigenvalue weighted by Gasteiger charge is -2.37.